The van der Waals surface area contributed by atoms with Crippen LogP contribution in [0.3, 0.4) is 0 Å². The van der Waals surface area contributed by atoms with Gasteiger partial charge in [-0.05, 0) is 19.1 Å². The first kappa shape index (κ1) is 9.61. The average Bonchev–Trinajstić information content (AvgIpc) is 2.47. The molecule has 0 spiro atoms. The maximum Gasteiger partial charge on any atom is 0.152 e. The summed E-state index contributed by atoms with van der Waals surface area (Å²) in [7, 11) is 0. The molecule has 74 valence electrons. The number of aromatic amines is 1. The molecule has 0 aliphatic heterocycles. The van der Waals surface area contributed by atoms with Crippen LogP contribution in [0, 0.1) is 5.82 Å². The number of nitrogens with one attached hydrogen (secondary N) is 1. The summed E-state index contributed by atoms with van der Waals surface area (Å²) in [5.41, 5.74) is 6.63. The van der Waals surface area contributed by atoms with Gasteiger partial charge in [-0.1, -0.05) is 15.9 Å². The first-order valence-electron chi connectivity index (χ1n) is 4.18. The SMILES string of the molecule is CC(N)c1nc2c(F)cc(Br)cc2[nH]1. The maximum absolute atomic E-state index is 13.4. The molecule has 0 saturated heterocycles. The molecule has 0 aliphatic carbocycles. The van der Waals surface area contributed by atoms with Gasteiger partial charge in [0.05, 0.1) is 11.6 Å². The zero-order chi connectivity index (χ0) is 10.3. The van der Waals surface area contributed by atoms with E-state index in [4.69, 9.17) is 5.73 Å². The fraction of sp³-hybridized carbons (Fsp3) is 0.222. The summed E-state index contributed by atoms with van der Waals surface area (Å²) in [5, 5.41) is 0. The van der Waals surface area contributed by atoms with Gasteiger partial charge in [0, 0.05) is 4.47 Å². The normalized spacial score (nSPS) is 13.4. The summed E-state index contributed by atoms with van der Waals surface area (Å²) in [6, 6.07) is 2.94. The Morgan fingerprint density at radius 3 is 2.93 bits per heavy atom. The molecule has 0 fully saturated rings. The van der Waals surface area contributed by atoms with Crippen molar-refractivity contribution in [3.63, 3.8) is 0 Å². The maximum atomic E-state index is 13.4. The first-order valence-corrected chi connectivity index (χ1v) is 4.97. The van der Waals surface area contributed by atoms with E-state index in [0.717, 1.165) is 0 Å². The molecule has 3 nitrogen and oxygen atoms in total. The van der Waals surface area contributed by atoms with Gasteiger partial charge in [0.2, 0.25) is 0 Å². The Morgan fingerprint density at radius 1 is 1.57 bits per heavy atom. The molecule has 14 heavy (non-hydrogen) atoms. The predicted octanol–water partition coefficient (Wildman–Crippen LogP) is 2.48. The van der Waals surface area contributed by atoms with Crippen LogP contribution in [-0.4, -0.2) is 9.97 Å². The van der Waals surface area contributed by atoms with Crippen molar-refractivity contribution in [2.24, 2.45) is 5.73 Å². The number of fused-ring (bicyclic) bond motifs is 1. The van der Waals surface area contributed by atoms with Gasteiger partial charge in [-0.2, -0.15) is 0 Å². The van der Waals surface area contributed by atoms with Crippen molar-refractivity contribution in [1.29, 1.82) is 0 Å². The minimum Gasteiger partial charge on any atom is -0.341 e. The molecule has 0 radical (unpaired) electrons. The topological polar surface area (TPSA) is 54.7 Å². The minimum absolute atomic E-state index is 0.222. The van der Waals surface area contributed by atoms with Crippen molar-refractivity contribution in [2.75, 3.05) is 0 Å². The molecule has 1 atom stereocenters. The summed E-state index contributed by atoms with van der Waals surface area (Å²) in [5.74, 6) is 0.245. The Bertz CT molecular complexity index is 478. The molecule has 0 bridgehead atoms. The van der Waals surface area contributed by atoms with Crippen LogP contribution in [0.25, 0.3) is 11.0 Å². The Hall–Kier alpha value is -0.940. The Labute approximate surface area is 88.6 Å². The van der Waals surface area contributed by atoms with E-state index in [1.54, 1.807) is 13.0 Å². The second kappa shape index (κ2) is 3.33. The Kier molecular flexibility index (Phi) is 2.28. The summed E-state index contributed by atoms with van der Waals surface area (Å²) in [6.45, 7) is 1.80. The van der Waals surface area contributed by atoms with Crippen LogP contribution >= 0.6 is 15.9 Å². The second-order valence-corrected chi connectivity index (χ2v) is 4.11. The van der Waals surface area contributed by atoms with Gasteiger partial charge in [-0.15, -0.1) is 0 Å². The third kappa shape index (κ3) is 1.53. The van der Waals surface area contributed by atoms with Crippen LogP contribution in [0.5, 0.6) is 0 Å². The van der Waals surface area contributed by atoms with Crippen LogP contribution in [0.4, 0.5) is 4.39 Å². The van der Waals surface area contributed by atoms with Gasteiger partial charge in [0.25, 0.3) is 0 Å². The molecule has 3 N–H and O–H groups in total. The lowest BCUT2D eigenvalue weighted by Gasteiger charge is -1.96. The highest BCUT2D eigenvalue weighted by molar-refractivity contribution is 9.10. The monoisotopic (exact) mass is 257 g/mol. The largest absolute Gasteiger partial charge is 0.341 e. The van der Waals surface area contributed by atoms with Crippen molar-refractivity contribution in [3.8, 4) is 0 Å². The van der Waals surface area contributed by atoms with Crippen molar-refractivity contribution in [2.45, 2.75) is 13.0 Å². The lowest BCUT2D eigenvalue weighted by molar-refractivity contribution is 0.635. The zero-order valence-corrected chi connectivity index (χ0v) is 9.10. The van der Waals surface area contributed by atoms with Gasteiger partial charge in [0.15, 0.2) is 5.82 Å². The van der Waals surface area contributed by atoms with Gasteiger partial charge in [-0.3, -0.25) is 0 Å². The van der Waals surface area contributed by atoms with E-state index in [9.17, 15) is 4.39 Å². The standard InChI is InChI=1S/C9H9BrFN3/c1-4(12)9-13-7-3-5(10)2-6(11)8(7)14-9/h2-4H,12H2,1H3,(H,13,14). The number of imidazole rings is 1. The van der Waals surface area contributed by atoms with Crippen LogP contribution in [0.15, 0.2) is 16.6 Å². The number of H-pyrrole nitrogens is 1. The van der Waals surface area contributed by atoms with E-state index in [1.807, 2.05) is 0 Å². The van der Waals surface area contributed by atoms with Gasteiger partial charge < -0.3 is 10.7 Å². The molecule has 0 aliphatic rings. The average molecular weight is 258 g/mol. The molecule has 0 amide bonds. The third-order valence-electron chi connectivity index (χ3n) is 1.95. The zero-order valence-electron chi connectivity index (χ0n) is 7.51. The summed E-state index contributed by atoms with van der Waals surface area (Å²) < 4.78 is 14.1. The highest BCUT2D eigenvalue weighted by Crippen LogP contribution is 2.22. The number of hydrogen-bond donors (Lipinski definition) is 2. The second-order valence-electron chi connectivity index (χ2n) is 3.19. The third-order valence-corrected chi connectivity index (χ3v) is 2.41. The van der Waals surface area contributed by atoms with Crippen molar-refractivity contribution < 1.29 is 4.39 Å². The van der Waals surface area contributed by atoms with Gasteiger partial charge >= 0.3 is 0 Å². The smallest absolute Gasteiger partial charge is 0.152 e. The summed E-state index contributed by atoms with van der Waals surface area (Å²) >= 11 is 3.21. The van der Waals surface area contributed by atoms with E-state index in [1.165, 1.54) is 6.07 Å². The lowest BCUT2D eigenvalue weighted by Crippen LogP contribution is -2.06. The molecular formula is C9H9BrFN3. The van der Waals surface area contributed by atoms with E-state index < -0.39 is 0 Å². The number of benzene rings is 1. The Balaban J connectivity index is 2.70. The molecule has 5 heteroatoms. The molecule has 1 aromatic carbocycles. The lowest BCUT2D eigenvalue weighted by atomic mass is 10.3. The highest BCUT2D eigenvalue weighted by Gasteiger charge is 2.10. The number of aromatic nitrogens is 2. The number of nitrogens with zero attached hydrogens (tertiary/aromatic N) is 1. The molecule has 1 unspecified atom stereocenters. The summed E-state index contributed by atoms with van der Waals surface area (Å²) in [6.07, 6.45) is 0. The molecule has 2 rings (SSSR count). The quantitative estimate of drug-likeness (QED) is 0.825. The minimum atomic E-state index is -0.350. The van der Waals surface area contributed by atoms with Crippen molar-refractivity contribution in [3.05, 3.63) is 28.2 Å². The van der Waals surface area contributed by atoms with E-state index in [0.29, 0.717) is 21.3 Å². The number of rotatable bonds is 1. The van der Waals surface area contributed by atoms with Crippen LogP contribution in [0.2, 0.25) is 0 Å². The van der Waals surface area contributed by atoms with Gasteiger partial charge in [-0.25, -0.2) is 9.37 Å². The van der Waals surface area contributed by atoms with E-state index >= 15 is 0 Å². The first-order chi connectivity index (χ1) is 6.58. The fourth-order valence-corrected chi connectivity index (χ4v) is 1.71. The van der Waals surface area contributed by atoms with E-state index in [2.05, 4.69) is 25.9 Å². The van der Waals surface area contributed by atoms with Gasteiger partial charge in [0.1, 0.15) is 11.3 Å². The van der Waals surface area contributed by atoms with Crippen LogP contribution in [-0.2, 0) is 0 Å². The fourth-order valence-electron chi connectivity index (χ4n) is 1.28. The molecule has 0 saturated carbocycles. The predicted molar refractivity (Wildman–Crippen MR) is 56.4 cm³/mol. The highest BCUT2D eigenvalue weighted by atomic mass is 79.9. The molecule has 2 aromatic rings. The van der Waals surface area contributed by atoms with Crippen LogP contribution < -0.4 is 5.73 Å². The molecular weight excluding hydrogens is 249 g/mol. The number of hydrogen-bond acceptors (Lipinski definition) is 2. The Morgan fingerprint density at radius 2 is 2.29 bits per heavy atom. The van der Waals surface area contributed by atoms with Crippen LogP contribution in [0.1, 0.15) is 18.8 Å². The van der Waals surface area contributed by atoms with Crippen molar-refractivity contribution in [1.82, 2.24) is 9.97 Å². The number of halogens is 2. The number of nitrogens with two attached hydrogens (primary N) is 1. The van der Waals surface area contributed by atoms with Crippen molar-refractivity contribution >= 4 is 27.0 Å². The molecule has 1 aromatic heterocycles. The summed E-state index contributed by atoms with van der Waals surface area (Å²) in [4.78, 5) is 7.05. The van der Waals surface area contributed by atoms with E-state index in [-0.39, 0.29) is 11.9 Å². The molecule has 1 heterocycles.